The summed E-state index contributed by atoms with van der Waals surface area (Å²) < 4.78 is 24.5. The van der Waals surface area contributed by atoms with Gasteiger partial charge >= 0.3 is 249 Å². The predicted molar refractivity (Wildman–Crippen MR) is 137 cm³/mol. The molecule has 0 aromatic carbocycles. The van der Waals surface area contributed by atoms with E-state index >= 15 is 0 Å². The summed E-state index contributed by atoms with van der Waals surface area (Å²) in [4.78, 5) is 35.7. The second-order valence-corrected chi connectivity index (χ2v) is 24.7. The average Bonchev–Trinajstić information content (AvgIpc) is 2.77. The molecule has 192 valence electrons. The maximum atomic E-state index is 14.1. The Morgan fingerprint density at radius 3 is 1.88 bits per heavy atom. The number of nitrogens with one attached hydrogen (secondary N) is 2. The van der Waals surface area contributed by atoms with Crippen molar-refractivity contribution in [3.63, 3.8) is 0 Å². The molecule has 0 aromatic heterocycles. The average molecular weight is 1030 g/mol. The van der Waals surface area contributed by atoms with Crippen LogP contribution >= 0.6 is 42.6 Å². The predicted octanol–water partition coefficient (Wildman–Crippen LogP) is 5.80. The van der Waals surface area contributed by atoms with Gasteiger partial charge in [-0.25, -0.2) is 0 Å². The van der Waals surface area contributed by atoms with Gasteiger partial charge in [0, 0.05) is 0 Å². The van der Waals surface area contributed by atoms with E-state index in [1.54, 1.807) is 0 Å². The first-order chi connectivity index (χ1) is 16.0. The number of rotatable bonds is 20. The molecule has 0 heterocycles. The first kappa shape index (κ1) is 35.9. The van der Waals surface area contributed by atoms with Gasteiger partial charge < -0.3 is 0 Å². The molecule has 0 aliphatic heterocycles. The molecular weight excluding hydrogens is 991 g/mol. The summed E-state index contributed by atoms with van der Waals surface area (Å²) in [7, 11) is -1.73. The van der Waals surface area contributed by atoms with Gasteiger partial charge in [0.15, 0.2) is 0 Å². The third kappa shape index (κ3) is 18.2. The van der Waals surface area contributed by atoms with Crippen LogP contribution in [0.2, 0.25) is 0 Å². The third-order valence-corrected chi connectivity index (χ3v) is 15.2. The van der Waals surface area contributed by atoms with Crippen molar-refractivity contribution in [2.24, 2.45) is 10.8 Å². The Labute approximate surface area is 246 Å². The molecule has 0 fully saturated rings. The molecule has 0 spiro atoms. The van der Waals surface area contributed by atoms with E-state index in [-0.39, 0.29) is 23.6 Å². The molecule has 2 N–H and O–H groups in total. The van der Waals surface area contributed by atoms with Crippen LogP contribution in [0.15, 0.2) is 0 Å². The number of carbonyl (C=O) groups is 3. The van der Waals surface area contributed by atoms with Gasteiger partial charge in [-0.1, -0.05) is 0 Å². The normalized spacial score (nSPS) is 12.3. The molecule has 1 unspecified atom stereocenters. The first-order valence-corrected chi connectivity index (χ1v) is 42.8. The Morgan fingerprint density at radius 1 is 0.882 bits per heavy atom. The topological polar surface area (TPSA) is 93.7 Å². The van der Waals surface area contributed by atoms with Crippen molar-refractivity contribution in [1.29, 1.82) is 0 Å². The van der Waals surface area contributed by atoms with Crippen molar-refractivity contribution in [2.75, 3.05) is 31.5 Å². The summed E-state index contributed by atoms with van der Waals surface area (Å²) in [5.74, 6) is -0.277. The fourth-order valence-corrected chi connectivity index (χ4v) is 12.7. The van der Waals surface area contributed by atoms with E-state index in [0.717, 1.165) is 50.0 Å². The fraction of sp³-hybridized carbons (Fsp3) is 0.850. The maximum absolute atomic E-state index is 14.1. The summed E-state index contributed by atoms with van der Waals surface area (Å²) in [5, 5.41) is 6.06. The standard InChI is InChI=1S/C20H38FN2O5PS.2BrH.2Hg/c1-19(2,17(25)26)9-5-7-11-22-13-14-29(21)30-15-16(24)23-12-8-6-10-20(3,4)18(27)28;;;;/h22H,5-15H2,1-4H3,(H,23,24)(H,25,26)(H,27,28);2*1H;;/q;;;2*+2/p-4. The van der Waals surface area contributed by atoms with Crippen LogP contribution in [0.3, 0.4) is 0 Å². The van der Waals surface area contributed by atoms with Crippen LogP contribution in [0, 0.1) is 10.8 Å². The number of amides is 1. The Morgan fingerprint density at radius 2 is 1.38 bits per heavy atom. The van der Waals surface area contributed by atoms with Gasteiger partial charge in [-0.2, -0.15) is 0 Å². The number of hydrogen-bond donors (Lipinski definition) is 2. The van der Waals surface area contributed by atoms with Crippen molar-refractivity contribution in [2.45, 2.75) is 66.2 Å². The Bertz CT molecular complexity index is 628. The van der Waals surface area contributed by atoms with Crippen molar-refractivity contribution in [1.82, 2.24) is 10.6 Å². The van der Waals surface area contributed by atoms with Crippen LogP contribution in [-0.2, 0) is 64.9 Å². The van der Waals surface area contributed by atoms with Gasteiger partial charge in [-0.3, -0.25) is 0 Å². The summed E-state index contributed by atoms with van der Waals surface area (Å²) in [6.45, 7) is 9.48. The molecule has 1 amide bonds. The zero-order chi connectivity index (χ0) is 26.0. The Kier molecular flexibility index (Phi) is 22.0. The summed E-state index contributed by atoms with van der Waals surface area (Å²) >= 11 is 4.51. The molecule has 0 rings (SSSR count). The minimum atomic E-state index is -1.73. The first-order valence-electron chi connectivity index (χ1n) is 11.5. The van der Waals surface area contributed by atoms with Crippen molar-refractivity contribution in [3.05, 3.63) is 0 Å². The van der Waals surface area contributed by atoms with Gasteiger partial charge in [0.2, 0.25) is 0 Å². The monoisotopic (exact) mass is 1030 g/mol. The van der Waals surface area contributed by atoms with Crippen LogP contribution in [0.1, 0.15) is 66.2 Å². The summed E-state index contributed by atoms with van der Waals surface area (Å²) in [6.07, 6.45) is 5.33. The number of carbonyl (C=O) groups excluding carboxylic acids is 3. The number of hydrogen-bond acceptors (Lipinski definition) is 7. The van der Waals surface area contributed by atoms with E-state index in [1.165, 1.54) is 0 Å². The van der Waals surface area contributed by atoms with E-state index < -0.39 is 63.5 Å². The van der Waals surface area contributed by atoms with E-state index in [2.05, 4.69) is 34.4 Å². The van der Waals surface area contributed by atoms with E-state index in [9.17, 15) is 18.6 Å². The zero-order valence-corrected chi connectivity index (χ0v) is 36.6. The molecule has 14 heteroatoms. The number of unbranched alkanes of at least 4 members (excludes halogenated alkanes) is 2. The Hall–Kier alpha value is 1.91. The van der Waals surface area contributed by atoms with Crippen molar-refractivity contribution < 1.29 is 69.1 Å². The van der Waals surface area contributed by atoms with Gasteiger partial charge in [-0.15, -0.1) is 0 Å². The van der Waals surface area contributed by atoms with Gasteiger partial charge in [0.25, 0.3) is 0 Å². The summed E-state index contributed by atoms with van der Waals surface area (Å²) in [6, 6.07) is 0. The zero-order valence-electron chi connectivity index (χ0n) is 20.7. The van der Waals surface area contributed by atoms with E-state index in [1.807, 2.05) is 27.7 Å². The molecular formula is C20H36Br2FHg2N2O5PS. The summed E-state index contributed by atoms with van der Waals surface area (Å²) in [5.41, 5.74) is -0.941. The third-order valence-electron chi connectivity index (χ3n) is 5.23. The van der Waals surface area contributed by atoms with Crippen LogP contribution in [0.25, 0.3) is 0 Å². The SMILES string of the molecule is CC(C)(CCCCNCCP(F)SCC(=O)NCCCCC(C)(C)C(=O)[O][Hg][Br])C(=O)[O][Hg][Br]. The van der Waals surface area contributed by atoms with Crippen LogP contribution < -0.4 is 10.6 Å². The second kappa shape index (κ2) is 20.8. The van der Waals surface area contributed by atoms with Crippen LogP contribution in [-0.4, -0.2) is 49.4 Å². The molecule has 0 saturated heterocycles. The molecule has 0 radical (unpaired) electrons. The van der Waals surface area contributed by atoms with E-state index in [4.69, 9.17) is 5.29 Å². The van der Waals surface area contributed by atoms with Crippen molar-refractivity contribution >= 4 is 60.5 Å². The molecule has 0 aliphatic carbocycles. The van der Waals surface area contributed by atoms with Crippen LogP contribution in [0.4, 0.5) is 4.20 Å². The van der Waals surface area contributed by atoms with Crippen molar-refractivity contribution in [3.8, 4) is 0 Å². The van der Waals surface area contributed by atoms with Crippen LogP contribution in [0.5, 0.6) is 0 Å². The van der Waals surface area contributed by atoms with E-state index in [0.29, 0.717) is 25.7 Å². The molecule has 0 bridgehead atoms. The molecule has 0 saturated carbocycles. The molecule has 1 atom stereocenters. The number of halogens is 3. The van der Waals surface area contributed by atoms with Gasteiger partial charge in [0.1, 0.15) is 0 Å². The Balaban J connectivity index is 3.74. The molecule has 34 heavy (non-hydrogen) atoms. The minimum absolute atomic E-state index is 0.110. The fourth-order valence-electron chi connectivity index (χ4n) is 2.97. The molecule has 0 aliphatic rings. The molecule has 7 nitrogen and oxygen atoms in total. The second-order valence-electron chi connectivity index (χ2n) is 9.18. The quantitative estimate of drug-likeness (QED) is 0.0906. The van der Waals surface area contributed by atoms with Gasteiger partial charge in [0.05, 0.1) is 0 Å². The molecule has 0 aromatic rings. The van der Waals surface area contributed by atoms with Gasteiger partial charge in [-0.05, 0) is 0 Å².